The van der Waals surface area contributed by atoms with Gasteiger partial charge < -0.3 is 9.84 Å². The number of rotatable bonds is 6. The molecule has 0 saturated carbocycles. The van der Waals surface area contributed by atoms with Crippen molar-refractivity contribution in [1.29, 1.82) is 0 Å². The Morgan fingerprint density at radius 3 is 2.57 bits per heavy atom. The third-order valence-corrected chi connectivity index (χ3v) is 8.08. The van der Waals surface area contributed by atoms with Gasteiger partial charge in [-0.2, -0.15) is 0 Å². The van der Waals surface area contributed by atoms with Gasteiger partial charge in [0, 0.05) is 21.7 Å². The third kappa shape index (κ3) is 4.31. The molecule has 2 heterocycles. The van der Waals surface area contributed by atoms with E-state index >= 15 is 0 Å². The Labute approximate surface area is 207 Å². The van der Waals surface area contributed by atoms with E-state index in [4.69, 9.17) is 16.3 Å². The summed E-state index contributed by atoms with van der Waals surface area (Å²) < 4.78 is 33.6. The van der Waals surface area contributed by atoms with Gasteiger partial charge in [-0.25, -0.2) is 8.42 Å². The highest BCUT2D eigenvalue weighted by Gasteiger charge is 2.43. The third-order valence-electron chi connectivity index (χ3n) is 5.94. The summed E-state index contributed by atoms with van der Waals surface area (Å²) in [6, 6.07) is 19.7. The Kier molecular flexibility index (Phi) is 5.86. The van der Waals surface area contributed by atoms with Gasteiger partial charge in [-0.3, -0.25) is 14.1 Å². The summed E-state index contributed by atoms with van der Waals surface area (Å²) in [7, 11) is -3.89. The molecule has 0 amide bonds. The summed E-state index contributed by atoms with van der Waals surface area (Å²) in [5.74, 6) is -0.533. The lowest BCUT2D eigenvalue weighted by molar-refractivity contribution is -0.137. The number of aliphatic carboxylic acids is 1. The van der Waals surface area contributed by atoms with E-state index in [1.165, 1.54) is 10.4 Å². The number of fused-ring (bicyclic) bond motifs is 2. The van der Waals surface area contributed by atoms with Crippen LogP contribution in [0.2, 0.25) is 5.02 Å². The number of aryl methyl sites for hydroxylation is 1. The number of carboxylic acids is 1. The van der Waals surface area contributed by atoms with Crippen LogP contribution in [-0.2, 0) is 21.4 Å². The molecule has 178 valence electrons. The van der Waals surface area contributed by atoms with Crippen LogP contribution in [0.1, 0.15) is 29.3 Å². The number of carbonyl (C=O) groups is 1. The van der Waals surface area contributed by atoms with Crippen LogP contribution in [0.25, 0.3) is 10.9 Å². The molecule has 0 saturated heterocycles. The number of hydrogen-bond acceptors (Lipinski definition) is 5. The minimum atomic E-state index is -3.89. The highest BCUT2D eigenvalue weighted by Crippen LogP contribution is 2.44. The number of benzene rings is 3. The average molecular weight is 509 g/mol. The fraction of sp³-hybridized carbons (Fsp3) is 0.154. The normalized spacial score (nSPS) is 16.3. The van der Waals surface area contributed by atoms with Crippen molar-refractivity contribution in [2.45, 2.75) is 30.9 Å². The van der Waals surface area contributed by atoms with Crippen LogP contribution < -0.4 is 9.04 Å². The molecule has 3 aromatic carbocycles. The summed E-state index contributed by atoms with van der Waals surface area (Å²) in [6.07, 6.45) is -0.342. The Hall–Kier alpha value is -3.62. The number of carboxylic acid groups (broad SMARTS) is 1. The SMILES string of the molecule is Cc1cc(COc2ccc(N3C(CC(=O)O)c4ccccc4S3(=O)=O)cc2)c2cc(Cl)ccc2n1. The maximum atomic E-state index is 13.2. The predicted octanol–water partition coefficient (Wildman–Crippen LogP) is 5.50. The largest absolute Gasteiger partial charge is 0.489 e. The summed E-state index contributed by atoms with van der Waals surface area (Å²) in [6.45, 7) is 2.18. The van der Waals surface area contributed by atoms with E-state index in [1.54, 1.807) is 48.5 Å². The van der Waals surface area contributed by atoms with Crippen LogP contribution in [0.3, 0.4) is 0 Å². The number of anilines is 1. The van der Waals surface area contributed by atoms with E-state index < -0.39 is 22.0 Å². The molecule has 1 aliphatic heterocycles. The van der Waals surface area contributed by atoms with E-state index in [1.807, 2.05) is 25.1 Å². The number of hydrogen-bond donors (Lipinski definition) is 1. The molecular formula is C26H21ClN2O5S. The monoisotopic (exact) mass is 508 g/mol. The first-order chi connectivity index (χ1) is 16.7. The van der Waals surface area contributed by atoms with Gasteiger partial charge in [-0.05, 0) is 67.1 Å². The minimum absolute atomic E-state index is 0.130. The van der Waals surface area contributed by atoms with Crippen molar-refractivity contribution >= 4 is 44.2 Å². The molecule has 0 fully saturated rings. The fourth-order valence-electron chi connectivity index (χ4n) is 4.45. The van der Waals surface area contributed by atoms with Gasteiger partial charge in [-0.1, -0.05) is 29.8 Å². The van der Waals surface area contributed by atoms with Gasteiger partial charge in [0.25, 0.3) is 10.0 Å². The van der Waals surface area contributed by atoms with Gasteiger partial charge >= 0.3 is 5.97 Å². The van der Waals surface area contributed by atoms with Crippen molar-refractivity contribution in [3.8, 4) is 5.75 Å². The minimum Gasteiger partial charge on any atom is -0.489 e. The smallest absolute Gasteiger partial charge is 0.305 e. The molecule has 0 radical (unpaired) electrons. The zero-order valence-corrected chi connectivity index (χ0v) is 20.3. The standard InChI is InChI=1S/C26H21ClN2O5S/c1-16-12-17(22-13-18(27)6-11-23(22)28-16)15-34-20-9-7-19(8-10-20)29-24(14-26(30)31)21-4-2-3-5-25(21)35(29,32)33/h2-13,24H,14-15H2,1H3,(H,30,31). The van der Waals surface area contributed by atoms with Crippen LogP contribution >= 0.6 is 11.6 Å². The molecule has 1 aliphatic rings. The molecule has 1 N–H and O–H groups in total. The van der Waals surface area contributed by atoms with Crippen LogP contribution in [0.4, 0.5) is 5.69 Å². The van der Waals surface area contributed by atoms with E-state index in [2.05, 4.69) is 4.98 Å². The second-order valence-corrected chi connectivity index (χ2v) is 10.5. The second-order valence-electron chi connectivity index (χ2n) is 8.32. The summed E-state index contributed by atoms with van der Waals surface area (Å²) in [5.41, 5.74) is 3.47. The van der Waals surface area contributed by atoms with Crippen molar-refractivity contribution < 1.29 is 23.1 Å². The van der Waals surface area contributed by atoms with E-state index in [0.717, 1.165) is 22.2 Å². The molecule has 1 atom stereocenters. The number of sulfonamides is 1. The van der Waals surface area contributed by atoms with Gasteiger partial charge in [0.1, 0.15) is 12.4 Å². The Morgan fingerprint density at radius 1 is 1.09 bits per heavy atom. The molecule has 1 unspecified atom stereocenters. The van der Waals surface area contributed by atoms with Gasteiger partial charge in [-0.15, -0.1) is 0 Å². The van der Waals surface area contributed by atoms with Crippen LogP contribution in [-0.4, -0.2) is 24.5 Å². The molecule has 5 rings (SSSR count). The fourth-order valence-corrected chi connectivity index (χ4v) is 6.51. The molecule has 35 heavy (non-hydrogen) atoms. The lowest BCUT2D eigenvalue weighted by atomic mass is 10.0. The first kappa shape index (κ1) is 23.1. The quantitative estimate of drug-likeness (QED) is 0.369. The highest BCUT2D eigenvalue weighted by molar-refractivity contribution is 7.93. The second kappa shape index (κ2) is 8.87. The van der Waals surface area contributed by atoms with E-state index in [-0.39, 0.29) is 17.9 Å². The number of ether oxygens (including phenoxy) is 1. The summed E-state index contributed by atoms with van der Waals surface area (Å²) in [4.78, 5) is 16.2. The van der Waals surface area contributed by atoms with Crippen LogP contribution in [0, 0.1) is 6.92 Å². The Bertz CT molecular complexity index is 1550. The van der Waals surface area contributed by atoms with E-state index in [0.29, 0.717) is 22.0 Å². The van der Waals surface area contributed by atoms with Gasteiger partial charge in [0.05, 0.1) is 28.6 Å². The molecular weight excluding hydrogens is 488 g/mol. The zero-order valence-electron chi connectivity index (χ0n) is 18.7. The predicted molar refractivity (Wildman–Crippen MR) is 133 cm³/mol. The van der Waals surface area contributed by atoms with Crippen molar-refractivity contribution in [1.82, 2.24) is 4.98 Å². The van der Waals surface area contributed by atoms with Crippen LogP contribution in [0.5, 0.6) is 5.75 Å². The summed E-state index contributed by atoms with van der Waals surface area (Å²) >= 11 is 6.17. The number of pyridine rings is 1. The maximum absolute atomic E-state index is 13.2. The Morgan fingerprint density at radius 2 is 1.83 bits per heavy atom. The molecule has 9 heteroatoms. The van der Waals surface area contributed by atoms with E-state index in [9.17, 15) is 18.3 Å². The van der Waals surface area contributed by atoms with Crippen molar-refractivity contribution in [3.05, 3.63) is 94.6 Å². The summed E-state index contributed by atoms with van der Waals surface area (Å²) in [5, 5.41) is 10.9. The van der Waals surface area contributed by atoms with Crippen molar-refractivity contribution in [2.75, 3.05) is 4.31 Å². The molecule has 0 spiro atoms. The molecule has 0 bridgehead atoms. The molecule has 4 aromatic rings. The number of halogens is 1. The topological polar surface area (TPSA) is 96.8 Å². The van der Waals surface area contributed by atoms with Crippen LogP contribution in [0.15, 0.2) is 77.7 Å². The van der Waals surface area contributed by atoms with Crippen molar-refractivity contribution in [3.63, 3.8) is 0 Å². The number of nitrogens with zero attached hydrogens (tertiary/aromatic N) is 2. The zero-order chi connectivity index (χ0) is 24.7. The maximum Gasteiger partial charge on any atom is 0.305 e. The highest BCUT2D eigenvalue weighted by atomic mass is 35.5. The molecule has 0 aliphatic carbocycles. The van der Waals surface area contributed by atoms with Crippen molar-refractivity contribution in [2.24, 2.45) is 0 Å². The van der Waals surface area contributed by atoms with Gasteiger partial charge in [0.15, 0.2) is 0 Å². The average Bonchev–Trinajstić information content (AvgIpc) is 3.04. The lowest BCUT2D eigenvalue weighted by Gasteiger charge is -2.24. The first-order valence-corrected chi connectivity index (χ1v) is 12.7. The number of aromatic nitrogens is 1. The first-order valence-electron chi connectivity index (χ1n) is 10.9. The Balaban J connectivity index is 1.42. The van der Waals surface area contributed by atoms with Gasteiger partial charge in [0.2, 0.25) is 0 Å². The molecule has 1 aromatic heterocycles. The molecule has 7 nitrogen and oxygen atoms in total. The lowest BCUT2D eigenvalue weighted by Crippen LogP contribution is -2.29.